The summed E-state index contributed by atoms with van der Waals surface area (Å²) in [4.78, 5) is 0. The van der Waals surface area contributed by atoms with E-state index in [4.69, 9.17) is 10.5 Å². The zero-order valence-electron chi connectivity index (χ0n) is 8.94. The lowest BCUT2D eigenvalue weighted by molar-refractivity contribution is 0.0832. The van der Waals surface area contributed by atoms with Gasteiger partial charge < -0.3 is 10.5 Å². The molecule has 1 aliphatic rings. The average Bonchev–Trinajstić information content (AvgIpc) is 2.18. The van der Waals surface area contributed by atoms with Gasteiger partial charge in [-0.25, -0.2) is 13.1 Å². The Hall–Kier alpha value is -0.170. The van der Waals surface area contributed by atoms with Gasteiger partial charge in [-0.15, -0.1) is 0 Å². The Morgan fingerprint density at radius 2 is 1.93 bits per heavy atom. The molecule has 0 saturated carbocycles. The molecule has 0 amide bonds. The van der Waals surface area contributed by atoms with E-state index in [1.807, 2.05) is 0 Å². The number of sulfonamides is 1. The Balaban J connectivity index is 2.27. The van der Waals surface area contributed by atoms with Crippen molar-refractivity contribution in [2.24, 2.45) is 5.73 Å². The fourth-order valence-electron chi connectivity index (χ4n) is 1.56. The fraction of sp³-hybridized carbons (Fsp3) is 1.00. The molecule has 0 spiro atoms. The van der Waals surface area contributed by atoms with E-state index in [9.17, 15) is 8.42 Å². The first-order valence-electron chi connectivity index (χ1n) is 5.42. The van der Waals surface area contributed by atoms with Crippen molar-refractivity contribution in [3.8, 4) is 0 Å². The van der Waals surface area contributed by atoms with E-state index in [1.54, 1.807) is 0 Å². The number of hydrogen-bond donors (Lipinski definition) is 2. The molecule has 6 heteroatoms. The van der Waals surface area contributed by atoms with Gasteiger partial charge >= 0.3 is 0 Å². The molecule has 0 bridgehead atoms. The minimum Gasteiger partial charge on any atom is -0.381 e. The highest BCUT2D eigenvalue weighted by molar-refractivity contribution is 7.89. The monoisotopic (exact) mass is 236 g/mol. The highest BCUT2D eigenvalue weighted by Crippen LogP contribution is 2.08. The van der Waals surface area contributed by atoms with E-state index in [1.165, 1.54) is 0 Å². The minimum atomic E-state index is -3.11. The minimum absolute atomic E-state index is 0.0571. The molecule has 0 aromatic heterocycles. The lowest BCUT2D eigenvalue weighted by Crippen LogP contribution is -2.40. The topological polar surface area (TPSA) is 81.4 Å². The summed E-state index contributed by atoms with van der Waals surface area (Å²) >= 11 is 0. The van der Waals surface area contributed by atoms with Gasteiger partial charge in [0.25, 0.3) is 0 Å². The molecule has 3 N–H and O–H groups in total. The van der Waals surface area contributed by atoms with Crippen molar-refractivity contribution in [2.75, 3.05) is 25.5 Å². The largest absolute Gasteiger partial charge is 0.381 e. The maximum absolute atomic E-state index is 11.6. The third kappa shape index (κ3) is 5.46. The summed E-state index contributed by atoms with van der Waals surface area (Å²) < 4.78 is 31.0. The van der Waals surface area contributed by atoms with Gasteiger partial charge in [-0.1, -0.05) is 0 Å². The van der Waals surface area contributed by atoms with Crippen LogP contribution in [0.15, 0.2) is 0 Å². The first-order valence-corrected chi connectivity index (χ1v) is 7.07. The molecule has 15 heavy (non-hydrogen) atoms. The van der Waals surface area contributed by atoms with Gasteiger partial charge in [-0.2, -0.15) is 0 Å². The van der Waals surface area contributed by atoms with Crippen LogP contribution in [-0.4, -0.2) is 40.0 Å². The normalized spacial score (nSPS) is 19.3. The summed E-state index contributed by atoms with van der Waals surface area (Å²) in [5.41, 5.74) is 5.31. The van der Waals surface area contributed by atoms with Crippen LogP contribution >= 0.6 is 0 Å². The van der Waals surface area contributed by atoms with Crippen molar-refractivity contribution in [2.45, 2.75) is 31.7 Å². The van der Waals surface area contributed by atoms with Gasteiger partial charge in [0.2, 0.25) is 10.0 Å². The maximum atomic E-state index is 11.6. The Morgan fingerprint density at radius 3 is 2.53 bits per heavy atom. The predicted molar refractivity (Wildman–Crippen MR) is 59.1 cm³/mol. The smallest absolute Gasteiger partial charge is 0.211 e. The van der Waals surface area contributed by atoms with Crippen LogP contribution in [0.4, 0.5) is 0 Å². The van der Waals surface area contributed by atoms with Crippen molar-refractivity contribution in [1.82, 2.24) is 4.72 Å². The second-order valence-corrected chi connectivity index (χ2v) is 5.69. The maximum Gasteiger partial charge on any atom is 0.211 e. The van der Waals surface area contributed by atoms with E-state index in [0.717, 1.165) is 19.3 Å². The molecular formula is C9H20N2O3S. The third-order valence-electron chi connectivity index (χ3n) is 2.43. The SMILES string of the molecule is NCCCCS(=O)(=O)NC1CCOCC1. The molecule has 1 heterocycles. The van der Waals surface area contributed by atoms with E-state index in [2.05, 4.69) is 4.72 Å². The second kappa shape index (κ2) is 6.42. The summed E-state index contributed by atoms with van der Waals surface area (Å²) in [5.74, 6) is 0.182. The molecule has 0 atom stereocenters. The van der Waals surface area contributed by atoms with Gasteiger partial charge in [-0.3, -0.25) is 0 Å². The van der Waals surface area contributed by atoms with Gasteiger partial charge in [0.1, 0.15) is 0 Å². The number of unbranched alkanes of at least 4 members (excludes halogenated alkanes) is 1. The number of ether oxygens (including phenoxy) is 1. The lowest BCUT2D eigenvalue weighted by Gasteiger charge is -2.22. The van der Waals surface area contributed by atoms with E-state index in [0.29, 0.717) is 26.2 Å². The highest BCUT2D eigenvalue weighted by atomic mass is 32.2. The second-order valence-electron chi connectivity index (χ2n) is 3.82. The van der Waals surface area contributed by atoms with Crippen LogP contribution in [-0.2, 0) is 14.8 Å². The van der Waals surface area contributed by atoms with Crippen LogP contribution in [0.5, 0.6) is 0 Å². The van der Waals surface area contributed by atoms with Gasteiger partial charge in [-0.05, 0) is 32.2 Å². The number of nitrogens with two attached hydrogens (primary N) is 1. The van der Waals surface area contributed by atoms with Crippen LogP contribution < -0.4 is 10.5 Å². The Labute approximate surface area is 91.4 Å². The first kappa shape index (κ1) is 12.9. The molecule has 0 unspecified atom stereocenters. The highest BCUT2D eigenvalue weighted by Gasteiger charge is 2.19. The van der Waals surface area contributed by atoms with Crippen LogP contribution in [0.2, 0.25) is 0 Å². The van der Waals surface area contributed by atoms with Crippen LogP contribution in [0.25, 0.3) is 0 Å². The number of rotatable bonds is 6. The molecule has 90 valence electrons. The molecule has 0 aromatic carbocycles. The molecule has 5 nitrogen and oxygen atoms in total. The van der Waals surface area contributed by atoms with Crippen LogP contribution in [0.3, 0.4) is 0 Å². The number of hydrogen-bond acceptors (Lipinski definition) is 4. The molecule has 0 aliphatic carbocycles. The Bertz CT molecular complexity index is 261. The molecule has 0 aromatic rings. The summed E-state index contributed by atoms with van der Waals surface area (Å²) in [6.45, 7) is 1.85. The van der Waals surface area contributed by atoms with E-state index >= 15 is 0 Å². The molecule has 0 radical (unpaired) electrons. The average molecular weight is 236 g/mol. The predicted octanol–water partition coefficient (Wildman–Crippen LogP) is -0.176. The zero-order valence-corrected chi connectivity index (χ0v) is 9.76. The van der Waals surface area contributed by atoms with Gasteiger partial charge in [0.05, 0.1) is 5.75 Å². The number of nitrogens with one attached hydrogen (secondary N) is 1. The molecule has 1 aliphatic heterocycles. The zero-order chi connectivity index (χ0) is 11.1. The molecular weight excluding hydrogens is 216 g/mol. The van der Waals surface area contributed by atoms with Gasteiger partial charge in [0.15, 0.2) is 0 Å². The molecule has 1 fully saturated rings. The van der Waals surface area contributed by atoms with E-state index in [-0.39, 0.29) is 11.8 Å². The summed E-state index contributed by atoms with van der Waals surface area (Å²) in [7, 11) is -3.11. The first-order chi connectivity index (χ1) is 7.14. The third-order valence-corrected chi connectivity index (χ3v) is 3.95. The van der Waals surface area contributed by atoms with Gasteiger partial charge in [0, 0.05) is 19.3 Å². The summed E-state index contributed by atoms with van der Waals surface area (Å²) in [6, 6.07) is 0.0571. The van der Waals surface area contributed by atoms with Crippen LogP contribution in [0.1, 0.15) is 25.7 Å². The van der Waals surface area contributed by atoms with E-state index < -0.39 is 10.0 Å². The van der Waals surface area contributed by atoms with Crippen molar-refractivity contribution in [1.29, 1.82) is 0 Å². The quantitative estimate of drug-likeness (QED) is 0.627. The van der Waals surface area contributed by atoms with Crippen molar-refractivity contribution in [3.63, 3.8) is 0 Å². The lowest BCUT2D eigenvalue weighted by atomic mass is 10.1. The summed E-state index contributed by atoms with van der Waals surface area (Å²) in [5, 5.41) is 0. The van der Waals surface area contributed by atoms with Crippen molar-refractivity contribution in [3.05, 3.63) is 0 Å². The van der Waals surface area contributed by atoms with Crippen molar-refractivity contribution < 1.29 is 13.2 Å². The molecule has 1 saturated heterocycles. The summed E-state index contributed by atoms with van der Waals surface area (Å²) in [6.07, 6.45) is 2.94. The Morgan fingerprint density at radius 1 is 1.27 bits per heavy atom. The van der Waals surface area contributed by atoms with Crippen LogP contribution in [0, 0.1) is 0 Å². The standard InChI is InChI=1S/C9H20N2O3S/c10-5-1-2-8-15(12,13)11-9-3-6-14-7-4-9/h9,11H,1-8,10H2. The fourth-order valence-corrected chi connectivity index (χ4v) is 3.01. The Kier molecular flexibility index (Phi) is 5.52. The molecule has 1 rings (SSSR count). The van der Waals surface area contributed by atoms with Crippen molar-refractivity contribution >= 4 is 10.0 Å².